The van der Waals surface area contributed by atoms with Crippen LogP contribution in [0.2, 0.25) is 0 Å². The number of hydrogen-bond acceptors (Lipinski definition) is 4. The summed E-state index contributed by atoms with van der Waals surface area (Å²) in [6, 6.07) is 40.6. The van der Waals surface area contributed by atoms with E-state index < -0.39 is 31.9 Å². The van der Waals surface area contributed by atoms with E-state index in [1.165, 1.54) is 17.7 Å². The molecule has 0 atom stereocenters. The molecule has 0 aliphatic rings. The van der Waals surface area contributed by atoms with Gasteiger partial charge in [-0.2, -0.15) is 0 Å². The Morgan fingerprint density at radius 1 is 0.684 bits per heavy atom. The Labute approximate surface area is 366 Å². The average molecular weight is 936 g/mol. The van der Waals surface area contributed by atoms with Crippen molar-refractivity contribution < 1.29 is 38.2 Å². The third kappa shape index (κ3) is 10.4. The molecule has 0 amide bonds. The van der Waals surface area contributed by atoms with Gasteiger partial charge in [-0.1, -0.05) is 126 Å². The topological polar surface area (TPSA) is 51.8 Å². The summed E-state index contributed by atoms with van der Waals surface area (Å²) in [5.74, 6) is 0. The molecule has 0 unspecified atom stereocenters. The summed E-state index contributed by atoms with van der Waals surface area (Å²) in [6.45, 7) is 7.66. The molecule has 0 aliphatic heterocycles. The zero-order chi connectivity index (χ0) is 48.0. The Morgan fingerprint density at radius 2 is 1.44 bits per heavy atom. The zero-order valence-corrected chi connectivity index (χ0v) is 35.3. The van der Waals surface area contributed by atoms with E-state index in [2.05, 4.69) is 60.0 Å². The minimum absolute atomic E-state index is 0. The van der Waals surface area contributed by atoms with Crippen molar-refractivity contribution in [3.8, 4) is 33.6 Å². The molecule has 0 aliphatic carbocycles. The number of aromatic nitrogens is 3. The second-order valence-corrected chi connectivity index (χ2v) is 15.9. The standard InChI is InChI=1S/C29H27N2O.C23H24N.Ir/c1-19-8-15-24-23-6-5-7-25(27(23)32-28(24)31-19)26-18-21(16-17-30-26)10-9-20-11-13-22(14-12-20)29(2,3)4;1-17-5-9-20(10-6-17)22-15-21(13-14-24-22)19-11-7-18(8-12-19)16-23(2,3)4;/h5-6,8,11-18H,9-10H2,1-4H3;5-9,11-15H,16H2,1-4H3;/q2*-1;/i1D3,10D2;1D3,16D2;. The molecule has 0 spiro atoms. The van der Waals surface area contributed by atoms with Gasteiger partial charge in [-0.3, -0.25) is 0 Å². The summed E-state index contributed by atoms with van der Waals surface area (Å²) in [4.78, 5) is 13.1. The molecular weight excluding hydrogens is 875 g/mol. The molecule has 291 valence electrons. The van der Waals surface area contributed by atoms with Crippen molar-refractivity contribution in [2.24, 2.45) is 5.41 Å². The van der Waals surface area contributed by atoms with Crippen molar-refractivity contribution in [1.29, 1.82) is 0 Å². The molecule has 0 fully saturated rings. The van der Waals surface area contributed by atoms with E-state index in [0.717, 1.165) is 27.6 Å². The molecule has 4 aromatic heterocycles. The SMILES string of the molecule is [2H]C([2H])([2H])c1c[c-]c(-c2cc(-c3ccc(C([2H])([2H])C(C)(C)C)cc3)ccn2)cc1.[2H]C([2H])([2H])c1ccc2c(n1)oc1c(-c3cc(C([2H])([2H])Cc4ccc(C(C)(C)C)cc4)ccn3)[c-]ccc12.[Ir]. The number of pyridine rings is 3. The summed E-state index contributed by atoms with van der Waals surface area (Å²) in [6.07, 6.45) is 0.457. The van der Waals surface area contributed by atoms with Crippen molar-refractivity contribution >= 4 is 22.1 Å². The Kier molecular flexibility index (Phi) is 9.20. The molecule has 5 heteroatoms. The monoisotopic (exact) mass is 936 g/mol. The van der Waals surface area contributed by atoms with E-state index in [1.807, 2.05) is 75.4 Å². The van der Waals surface area contributed by atoms with E-state index >= 15 is 0 Å². The molecule has 57 heavy (non-hydrogen) atoms. The molecular formula is C52H51IrN3O-2. The summed E-state index contributed by atoms with van der Waals surface area (Å²) < 4.78 is 85.8. The summed E-state index contributed by atoms with van der Waals surface area (Å²) in [5.41, 5.74) is 8.16. The first-order valence-corrected chi connectivity index (χ1v) is 18.6. The van der Waals surface area contributed by atoms with Gasteiger partial charge in [0.15, 0.2) is 0 Å². The van der Waals surface area contributed by atoms with Gasteiger partial charge in [-0.25, -0.2) is 4.98 Å². The van der Waals surface area contributed by atoms with E-state index in [-0.39, 0.29) is 48.9 Å². The van der Waals surface area contributed by atoms with Crippen LogP contribution in [-0.2, 0) is 44.7 Å². The molecule has 8 rings (SSSR count). The maximum absolute atomic E-state index is 8.82. The number of aryl methyl sites for hydroxylation is 4. The minimum atomic E-state index is -2.34. The van der Waals surface area contributed by atoms with Crippen LogP contribution in [0.4, 0.5) is 0 Å². The van der Waals surface area contributed by atoms with Gasteiger partial charge in [0, 0.05) is 57.3 Å². The van der Waals surface area contributed by atoms with Crippen molar-refractivity contribution in [1.82, 2.24) is 15.0 Å². The first-order valence-electron chi connectivity index (χ1n) is 23.6. The van der Waals surface area contributed by atoms with Crippen LogP contribution < -0.4 is 0 Å². The van der Waals surface area contributed by atoms with Crippen molar-refractivity contribution in [2.45, 2.75) is 79.8 Å². The van der Waals surface area contributed by atoms with Crippen LogP contribution >= 0.6 is 0 Å². The number of benzene rings is 4. The first-order chi connectivity index (χ1) is 30.7. The minimum Gasteiger partial charge on any atom is -0.486 e. The van der Waals surface area contributed by atoms with Crippen LogP contribution in [0.1, 0.15) is 88.8 Å². The van der Waals surface area contributed by atoms with Gasteiger partial charge >= 0.3 is 0 Å². The normalized spacial score (nSPS) is 15.1. The molecule has 8 aromatic rings. The van der Waals surface area contributed by atoms with E-state index in [4.69, 9.17) is 18.1 Å². The van der Waals surface area contributed by atoms with Gasteiger partial charge in [0.25, 0.3) is 0 Å². The van der Waals surface area contributed by atoms with Crippen LogP contribution in [0.5, 0.6) is 0 Å². The number of rotatable bonds is 7. The van der Waals surface area contributed by atoms with Crippen LogP contribution in [0.15, 0.2) is 132 Å². The maximum atomic E-state index is 8.82. The third-order valence-corrected chi connectivity index (χ3v) is 9.22. The third-order valence-electron chi connectivity index (χ3n) is 9.22. The van der Waals surface area contributed by atoms with E-state index in [9.17, 15) is 0 Å². The number of nitrogens with zero attached hydrogens (tertiary/aromatic N) is 3. The second kappa shape index (κ2) is 17.5. The molecule has 4 nitrogen and oxygen atoms in total. The Balaban J connectivity index is 0.000000224. The molecule has 0 N–H and O–H groups in total. The molecule has 0 saturated carbocycles. The zero-order valence-electron chi connectivity index (χ0n) is 42.9. The fraction of sp³-hybridized carbons (Fsp3) is 0.250. The van der Waals surface area contributed by atoms with E-state index in [1.54, 1.807) is 48.8 Å². The van der Waals surface area contributed by atoms with Gasteiger partial charge in [0.05, 0.1) is 5.58 Å². The molecule has 1 radical (unpaired) electrons. The molecule has 4 heterocycles. The van der Waals surface area contributed by atoms with Gasteiger partial charge in [0.2, 0.25) is 5.71 Å². The first kappa shape index (κ1) is 29.9. The Bertz CT molecular complexity index is 2980. The summed E-state index contributed by atoms with van der Waals surface area (Å²) in [7, 11) is 0. The maximum Gasteiger partial charge on any atom is 0.216 e. The predicted octanol–water partition coefficient (Wildman–Crippen LogP) is 13.3. The number of hydrogen-bond donors (Lipinski definition) is 0. The number of fused-ring (bicyclic) bond motifs is 3. The van der Waals surface area contributed by atoms with E-state index in [0.29, 0.717) is 39.0 Å². The summed E-state index contributed by atoms with van der Waals surface area (Å²) >= 11 is 0. The fourth-order valence-electron chi connectivity index (χ4n) is 6.34. The number of furan rings is 1. The molecule has 0 bridgehead atoms. The average Bonchev–Trinajstić information content (AvgIpc) is 3.64. The summed E-state index contributed by atoms with van der Waals surface area (Å²) in [5, 5.41) is 1.46. The quantitative estimate of drug-likeness (QED) is 0.149. The molecule has 0 saturated heterocycles. The van der Waals surface area contributed by atoms with Crippen LogP contribution in [-0.4, -0.2) is 15.0 Å². The Hall–Kier alpha value is -5.22. The van der Waals surface area contributed by atoms with Crippen molar-refractivity contribution in [2.75, 3.05) is 0 Å². The van der Waals surface area contributed by atoms with Gasteiger partial charge in [-0.15, -0.1) is 53.6 Å². The van der Waals surface area contributed by atoms with Gasteiger partial charge in [-0.05, 0) is 100 Å². The van der Waals surface area contributed by atoms with Crippen LogP contribution in [0.25, 0.3) is 55.7 Å². The van der Waals surface area contributed by atoms with Crippen molar-refractivity contribution in [3.63, 3.8) is 0 Å². The predicted molar refractivity (Wildman–Crippen MR) is 233 cm³/mol. The van der Waals surface area contributed by atoms with Crippen LogP contribution in [0, 0.1) is 31.3 Å². The molecule has 4 aromatic carbocycles. The Morgan fingerprint density at radius 3 is 2.14 bits per heavy atom. The smallest absolute Gasteiger partial charge is 0.216 e. The van der Waals surface area contributed by atoms with Gasteiger partial charge in [0.1, 0.15) is 0 Å². The fourth-order valence-corrected chi connectivity index (χ4v) is 6.34. The van der Waals surface area contributed by atoms with Crippen molar-refractivity contribution in [3.05, 3.63) is 173 Å². The van der Waals surface area contributed by atoms with Crippen LogP contribution in [0.3, 0.4) is 0 Å². The van der Waals surface area contributed by atoms with Gasteiger partial charge < -0.3 is 14.4 Å². The largest absolute Gasteiger partial charge is 0.486 e. The second-order valence-electron chi connectivity index (χ2n) is 15.9.